The summed E-state index contributed by atoms with van der Waals surface area (Å²) in [5, 5.41) is 8.52. The number of rotatable bonds is 1. The minimum atomic E-state index is -0.633. The monoisotopic (exact) mass is 151 g/mol. The summed E-state index contributed by atoms with van der Waals surface area (Å²) in [5.74, 6) is -0.718. The molecule has 1 saturated carbocycles. The molecule has 0 bridgehead atoms. The van der Waals surface area contributed by atoms with E-state index < -0.39 is 5.97 Å². The van der Waals surface area contributed by atoms with Gasteiger partial charge in [-0.1, -0.05) is 12.8 Å². The Morgan fingerprint density at radius 2 is 2.30 bits per heavy atom. The Hall–Kier alpha value is 0.470. The molecule has 3 heteroatoms. The van der Waals surface area contributed by atoms with Crippen molar-refractivity contribution >= 4 is 35.5 Å². The summed E-state index contributed by atoms with van der Waals surface area (Å²) in [7, 11) is 0. The van der Waals surface area contributed by atoms with Crippen molar-refractivity contribution in [3.63, 3.8) is 0 Å². The van der Waals surface area contributed by atoms with Gasteiger partial charge >= 0.3 is 35.5 Å². The zero-order valence-corrected chi connectivity index (χ0v) is 5.34. The molecule has 0 aromatic rings. The van der Waals surface area contributed by atoms with Crippen LogP contribution in [0, 0.1) is 12.3 Å². The third-order valence-electron chi connectivity index (χ3n) is 1.76. The van der Waals surface area contributed by atoms with Crippen molar-refractivity contribution in [1.29, 1.82) is 0 Å². The standard InChI is InChI=1S/C7H11O2.Na.H/c8-7(9)6-4-2-1-3-5-6;;/h2,6H,1,3-5H2,(H,8,9);;. The van der Waals surface area contributed by atoms with Crippen molar-refractivity contribution in [3.8, 4) is 0 Å². The molecule has 0 saturated heterocycles. The van der Waals surface area contributed by atoms with Gasteiger partial charge in [0.25, 0.3) is 0 Å². The minimum absolute atomic E-state index is 0. The molecule has 10 heavy (non-hydrogen) atoms. The molecule has 2 nitrogen and oxygen atoms in total. The molecule has 0 amide bonds. The summed E-state index contributed by atoms with van der Waals surface area (Å²) in [4.78, 5) is 10.3. The molecule has 53 valence electrons. The van der Waals surface area contributed by atoms with Crippen LogP contribution in [0.3, 0.4) is 0 Å². The first-order valence-corrected chi connectivity index (χ1v) is 3.35. The Morgan fingerprint density at radius 1 is 1.60 bits per heavy atom. The third-order valence-corrected chi connectivity index (χ3v) is 1.76. The Labute approximate surface area is 83.3 Å². The zero-order valence-electron chi connectivity index (χ0n) is 5.34. The molecule has 1 aliphatic carbocycles. The van der Waals surface area contributed by atoms with Gasteiger partial charge in [-0.3, -0.25) is 4.79 Å². The summed E-state index contributed by atoms with van der Waals surface area (Å²) in [6.07, 6.45) is 5.87. The fourth-order valence-corrected chi connectivity index (χ4v) is 1.17. The van der Waals surface area contributed by atoms with E-state index in [-0.39, 0.29) is 35.5 Å². The van der Waals surface area contributed by atoms with Crippen LogP contribution in [0.1, 0.15) is 25.7 Å². The van der Waals surface area contributed by atoms with Gasteiger partial charge in [0.15, 0.2) is 0 Å². The molecular weight excluding hydrogens is 139 g/mol. The topological polar surface area (TPSA) is 37.3 Å². The Morgan fingerprint density at radius 3 is 2.60 bits per heavy atom. The molecule has 0 aromatic carbocycles. The molecule has 1 atom stereocenters. The quantitative estimate of drug-likeness (QED) is 0.563. The molecular formula is C7H12NaO2. The van der Waals surface area contributed by atoms with E-state index in [1.54, 1.807) is 0 Å². The number of carboxylic acid groups (broad SMARTS) is 1. The normalized spacial score (nSPS) is 19.6. The maximum atomic E-state index is 10.3. The Kier molecular flexibility index (Phi) is 5.41. The second-order valence-corrected chi connectivity index (χ2v) is 2.49. The van der Waals surface area contributed by atoms with Crippen LogP contribution in [0.4, 0.5) is 0 Å². The summed E-state index contributed by atoms with van der Waals surface area (Å²) >= 11 is 0. The number of aliphatic carboxylic acids is 1. The predicted octanol–water partition coefficient (Wildman–Crippen LogP) is 0.817. The van der Waals surface area contributed by atoms with Crippen LogP contribution in [-0.2, 0) is 4.79 Å². The molecule has 0 heterocycles. The molecule has 1 unspecified atom stereocenters. The first-order valence-electron chi connectivity index (χ1n) is 3.35. The Balaban J connectivity index is 0.000000810. The van der Waals surface area contributed by atoms with Crippen LogP contribution in [0.15, 0.2) is 0 Å². The number of carbonyl (C=O) groups is 1. The maximum absolute atomic E-state index is 10.3. The van der Waals surface area contributed by atoms with Gasteiger partial charge in [-0.2, -0.15) is 0 Å². The van der Waals surface area contributed by atoms with E-state index >= 15 is 0 Å². The van der Waals surface area contributed by atoms with E-state index in [2.05, 4.69) is 6.42 Å². The van der Waals surface area contributed by atoms with Gasteiger partial charge in [0.05, 0.1) is 5.92 Å². The van der Waals surface area contributed by atoms with Gasteiger partial charge < -0.3 is 5.11 Å². The van der Waals surface area contributed by atoms with Crippen molar-refractivity contribution in [1.82, 2.24) is 0 Å². The SMILES string of the molecule is O=C(O)C1C[CH]CCC1.[NaH]. The van der Waals surface area contributed by atoms with Crippen molar-refractivity contribution in [2.24, 2.45) is 5.92 Å². The van der Waals surface area contributed by atoms with E-state index in [0.29, 0.717) is 0 Å². The van der Waals surface area contributed by atoms with E-state index in [1.165, 1.54) is 0 Å². The molecule has 1 fully saturated rings. The zero-order chi connectivity index (χ0) is 6.69. The van der Waals surface area contributed by atoms with Crippen molar-refractivity contribution in [2.75, 3.05) is 0 Å². The number of carboxylic acids is 1. The summed E-state index contributed by atoms with van der Waals surface area (Å²) in [5.41, 5.74) is 0. The number of hydrogen-bond acceptors (Lipinski definition) is 1. The van der Waals surface area contributed by atoms with Crippen LogP contribution in [0.2, 0.25) is 0 Å². The summed E-state index contributed by atoms with van der Waals surface area (Å²) < 4.78 is 0. The average Bonchev–Trinajstić information content (AvgIpc) is 1.90. The summed E-state index contributed by atoms with van der Waals surface area (Å²) in [6.45, 7) is 0. The van der Waals surface area contributed by atoms with Crippen LogP contribution < -0.4 is 0 Å². The fraction of sp³-hybridized carbons (Fsp3) is 0.714. The Bertz CT molecular complexity index is 108. The van der Waals surface area contributed by atoms with E-state index in [0.717, 1.165) is 25.7 Å². The fourth-order valence-electron chi connectivity index (χ4n) is 1.17. The van der Waals surface area contributed by atoms with Gasteiger partial charge in [0.2, 0.25) is 0 Å². The third kappa shape index (κ3) is 3.04. The molecule has 1 aliphatic rings. The van der Waals surface area contributed by atoms with Crippen molar-refractivity contribution < 1.29 is 9.90 Å². The first kappa shape index (κ1) is 10.5. The van der Waals surface area contributed by atoms with Gasteiger partial charge in [-0.25, -0.2) is 0 Å². The van der Waals surface area contributed by atoms with Crippen LogP contribution in [0.25, 0.3) is 0 Å². The molecule has 1 N–H and O–H groups in total. The van der Waals surface area contributed by atoms with Gasteiger partial charge in [-0.15, -0.1) is 0 Å². The van der Waals surface area contributed by atoms with Crippen LogP contribution >= 0.6 is 0 Å². The van der Waals surface area contributed by atoms with Crippen LogP contribution in [-0.4, -0.2) is 40.6 Å². The van der Waals surface area contributed by atoms with E-state index in [9.17, 15) is 4.79 Å². The van der Waals surface area contributed by atoms with E-state index in [4.69, 9.17) is 5.11 Å². The van der Waals surface area contributed by atoms with Crippen LogP contribution in [0.5, 0.6) is 0 Å². The molecule has 1 rings (SSSR count). The predicted molar refractivity (Wildman–Crippen MR) is 41.0 cm³/mol. The van der Waals surface area contributed by atoms with Crippen molar-refractivity contribution in [2.45, 2.75) is 25.7 Å². The van der Waals surface area contributed by atoms with Crippen molar-refractivity contribution in [3.05, 3.63) is 6.42 Å². The van der Waals surface area contributed by atoms with Gasteiger partial charge in [0, 0.05) is 0 Å². The average molecular weight is 151 g/mol. The van der Waals surface area contributed by atoms with E-state index in [1.807, 2.05) is 0 Å². The summed E-state index contributed by atoms with van der Waals surface area (Å²) in [6, 6.07) is 0. The second kappa shape index (κ2) is 5.16. The number of hydrogen-bond donors (Lipinski definition) is 1. The van der Waals surface area contributed by atoms with Gasteiger partial charge in [-0.05, 0) is 19.3 Å². The molecule has 0 spiro atoms. The molecule has 0 aromatic heterocycles. The molecule has 0 aliphatic heterocycles. The second-order valence-electron chi connectivity index (χ2n) is 2.49. The van der Waals surface area contributed by atoms with Gasteiger partial charge in [0.1, 0.15) is 0 Å². The molecule has 1 radical (unpaired) electrons. The first-order chi connectivity index (χ1) is 4.30.